The van der Waals surface area contributed by atoms with Crippen molar-refractivity contribution >= 4 is 17.2 Å². The molecule has 0 radical (unpaired) electrons. The minimum Gasteiger partial charge on any atom is -0.363 e. The van der Waals surface area contributed by atoms with Crippen molar-refractivity contribution < 1.29 is 0 Å². The molecule has 0 amide bonds. The first-order chi connectivity index (χ1) is 7.61. The molecule has 0 aliphatic heterocycles. The standard InChI is InChI=1S/C14H27NS/c1-5-7-11-15(12-8-6-2)14(16)10-9-13(3)4/h9-10,13H,5-8,11-12H2,1-4H3/b10-9+. The summed E-state index contributed by atoms with van der Waals surface area (Å²) in [7, 11) is 0. The van der Waals surface area contributed by atoms with Gasteiger partial charge in [0.15, 0.2) is 0 Å². The van der Waals surface area contributed by atoms with E-state index >= 15 is 0 Å². The Morgan fingerprint density at radius 3 is 2.00 bits per heavy atom. The Morgan fingerprint density at radius 2 is 1.62 bits per heavy atom. The molecule has 0 unspecified atom stereocenters. The van der Waals surface area contributed by atoms with E-state index in [1.54, 1.807) is 0 Å². The lowest BCUT2D eigenvalue weighted by Gasteiger charge is -2.23. The van der Waals surface area contributed by atoms with Gasteiger partial charge in [-0.15, -0.1) is 0 Å². The molecule has 0 rings (SSSR count). The number of hydrogen-bond donors (Lipinski definition) is 0. The summed E-state index contributed by atoms with van der Waals surface area (Å²) in [5, 5.41) is 0. The molecule has 0 spiro atoms. The maximum atomic E-state index is 5.46. The minimum absolute atomic E-state index is 0.581. The van der Waals surface area contributed by atoms with Crippen LogP contribution < -0.4 is 0 Å². The summed E-state index contributed by atoms with van der Waals surface area (Å²) in [6, 6.07) is 0. The number of unbranched alkanes of at least 4 members (excludes halogenated alkanes) is 2. The van der Waals surface area contributed by atoms with Crippen LogP contribution in [0.1, 0.15) is 53.4 Å². The molecule has 0 aliphatic carbocycles. The first kappa shape index (κ1) is 15.6. The Morgan fingerprint density at radius 1 is 1.12 bits per heavy atom. The molecule has 0 atom stereocenters. The second-order valence-corrected chi connectivity index (χ2v) is 5.05. The third kappa shape index (κ3) is 7.86. The van der Waals surface area contributed by atoms with Crippen LogP contribution in [0.25, 0.3) is 0 Å². The fraction of sp³-hybridized carbons (Fsp3) is 0.786. The van der Waals surface area contributed by atoms with Gasteiger partial charge in [0.25, 0.3) is 0 Å². The van der Waals surface area contributed by atoms with Gasteiger partial charge in [-0.05, 0) is 24.8 Å². The highest BCUT2D eigenvalue weighted by Gasteiger charge is 2.05. The Balaban J connectivity index is 4.19. The van der Waals surface area contributed by atoms with Crippen LogP contribution in [-0.2, 0) is 0 Å². The monoisotopic (exact) mass is 241 g/mol. The maximum Gasteiger partial charge on any atom is 0.101 e. The molecule has 94 valence electrons. The normalized spacial score (nSPS) is 11.3. The second kappa shape index (κ2) is 9.83. The maximum absolute atomic E-state index is 5.46. The molecule has 0 heterocycles. The van der Waals surface area contributed by atoms with Crippen LogP contribution >= 0.6 is 12.2 Å². The molecule has 0 N–H and O–H groups in total. The highest BCUT2D eigenvalue weighted by atomic mass is 32.1. The van der Waals surface area contributed by atoms with E-state index in [1.165, 1.54) is 25.7 Å². The Labute approximate surface area is 107 Å². The number of nitrogens with zero attached hydrogens (tertiary/aromatic N) is 1. The zero-order valence-corrected chi connectivity index (χ0v) is 12.1. The number of thiocarbonyl (C=S) groups is 1. The first-order valence-corrected chi connectivity index (χ1v) is 6.99. The zero-order valence-electron chi connectivity index (χ0n) is 11.3. The second-order valence-electron chi connectivity index (χ2n) is 4.64. The lowest BCUT2D eigenvalue weighted by Crippen LogP contribution is -2.30. The molecule has 0 aromatic heterocycles. The fourth-order valence-electron chi connectivity index (χ4n) is 1.41. The summed E-state index contributed by atoms with van der Waals surface area (Å²) in [6.45, 7) is 11.0. The van der Waals surface area contributed by atoms with Crippen LogP contribution in [0.5, 0.6) is 0 Å². The predicted molar refractivity (Wildman–Crippen MR) is 78.0 cm³/mol. The summed E-state index contributed by atoms with van der Waals surface area (Å²) in [5.74, 6) is 0.581. The van der Waals surface area contributed by atoms with Crippen molar-refractivity contribution in [3.05, 3.63) is 12.2 Å². The van der Waals surface area contributed by atoms with Crippen LogP contribution in [0.2, 0.25) is 0 Å². The summed E-state index contributed by atoms with van der Waals surface area (Å²) in [4.78, 5) is 3.36. The van der Waals surface area contributed by atoms with Gasteiger partial charge >= 0.3 is 0 Å². The predicted octanol–water partition coefficient (Wildman–Crippen LogP) is 4.43. The van der Waals surface area contributed by atoms with Crippen LogP contribution in [-0.4, -0.2) is 23.0 Å². The number of rotatable bonds is 8. The van der Waals surface area contributed by atoms with Gasteiger partial charge in [-0.25, -0.2) is 0 Å². The van der Waals surface area contributed by atoms with Gasteiger partial charge in [0.1, 0.15) is 4.99 Å². The topological polar surface area (TPSA) is 3.24 Å². The molecule has 2 heteroatoms. The highest BCUT2D eigenvalue weighted by molar-refractivity contribution is 7.80. The average Bonchev–Trinajstić information content (AvgIpc) is 2.26. The summed E-state index contributed by atoms with van der Waals surface area (Å²) in [6.07, 6.45) is 9.23. The molecule has 0 aromatic carbocycles. The van der Waals surface area contributed by atoms with Crippen LogP contribution in [0, 0.1) is 5.92 Å². The average molecular weight is 241 g/mol. The van der Waals surface area contributed by atoms with Gasteiger partial charge in [-0.3, -0.25) is 0 Å². The molecular formula is C14H27NS. The molecular weight excluding hydrogens is 214 g/mol. The van der Waals surface area contributed by atoms with Crippen molar-refractivity contribution in [2.75, 3.05) is 13.1 Å². The van der Waals surface area contributed by atoms with Gasteiger partial charge in [0, 0.05) is 13.1 Å². The van der Waals surface area contributed by atoms with Crippen molar-refractivity contribution in [3.63, 3.8) is 0 Å². The SMILES string of the molecule is CCCCN(CCCC)C(=S)/C=C/C(C)C. The molecule has 1 nitrogen and oxygen atoms in total. The Kier molecular flexibility index (Phi) is 9.60. The van der Waals surface area contributed by atoms with Crippen molar-refractivity contribution in [3.8, 4) is 0 Å². The Bertz CT molecular complexity index is 201. The Hall–Kier alpha value is -0.370. The lowest BCUT2D eigenvalue weighted by atomic mass is 10.2. The third-order valence-electron chi connectivity index (χ3n) is 2.50. The van der Waals surface area contributed by atoms with Gasteiger partial charge in [0.05, 0.1) is 0 Å². The number of allylic oxidation sites excluding steroid dienone is 1. The summed E-state index contributed by atoms with van der Waals surface area (Å²) in [5.41, 5.74) is 0. The third-order valence-corrected chi connectivity index (χ3v) is 2.89. The van der Waals surface area contributed by atoms with Crippen LogP contribution in [0.15, 0.2) is 12.2 Å². The van der Waals surface area contributed by atoms with E-state index < -0.39 is 0 Å². The van der Waals surface area contributed by atoms with Gasteiger partial charge in [0.2, 0.25) is 0 Å². The quantitative estimate of drug-likeness (QED) is 0.457. The van der Waals surface area contributed by atoms with Crippen molar-refractivity contribution in [1.82, 2.24) is 4.90 Å². The van der Waals surface area contributed by atoms with E-state index in [4.69, 9.17) is 12.2 Å². The molecule has 0 aliphatic rings. The molecule has 0 aromatic rings. The molecule has 16 heavy (non-hydrogen) atoms. The van der Waals surface area contributed by atoms with E-state index in [0.717, 1.165) is 18.1 Å². The fourth-order valence-corrected chi connectivity index (χ4v) is 1.67. The van der Waals surface area contributed by atoms with E-state index in [0.29, 0.717) is 5.92 Å². The number of hydrogen-bond acceptors (Lipinski definition) is 1. The van der Waals surface area contributed by atoms with E-state index in [9.17, 15) is 0 Å². The van der Waals surface area contributed by atoms with Crippen LogP contribution in [0.4, 0.5) is 0 Å². The summed E-state index contributed by atoms with van der Waals surface area (Å²) >= 11 is 5.46. The molecule has 0 bridgehead atoms. The molecule has 0 saturated heterocycles. The van der Waals surface area contributed by atoms with Crippen molar-refractivity contribution in [2.45, 2.75) is 53.4 Å². The first-order valence-electron chi connectivity index (χ1n) is 6.58. The van der Waals surface area contributed by atoms with Gasteiger partial charge < -0.3 is 4.90 Å². The van der Waals surface area contributed by atoms with Crippen molar-refractivity contribution in [1.29, 1.82) is 0 Å². The van der Waals surface area contributed by atoms with E-state index in [-0.39, 0.29) is 0 Å². The molecule has 0 fully saturated rings. The smallest absolute Gasteiger partial charge is 0.101 e. The zero-order chi connectivity index (χ0) is 12.4. The minimum atomic E-state index is 0.581. The lowest BCUT2D eigenvalue weighted by molar-refractivity contribution is 0.406. The van der Waals surface area contributed by atoms with E-state index in [2.05, 4.69) is 44.7 Å². The largest absolute Gasteiger partial charge is 0.363 e. The van der Waals surface area contributed by atoms with Crippen LogP contribution in [0.3, 0.4) is 0 Å². The van der Waals surface area contributed by atoms with Gasteiger partial charge in [-0.1, -0.05) is 58.8 Å². The molecule has 0 saturated carbocycles. The van der Waals surface area contributed by atoms with E-state index in [1.807, 2.05) is 0 Å². The summed E-state index contributed by atoms with van der Waals surface area (Å²) < 4.78 is 0. The highest BCUT2D eigenvalue weighted by Crippen LogP contribution is 2.04. The van der Waals surface area contributed by atoms with Crippen molar-refractivity contribution in [2.24, 2.45) is 5.92 Å². The van der Waals surface area contributed by atoms with Gasteiger partial charge in [-0.2, -0.15) is 0 Å².